The summed E-state index contributed by atoms with van der Waals surface area (Å²) in [4.78, 5) is 29.1. The summed E-state index contributed by atoms with van der Waals surface area (Å²) < 4.78 is 5.99. The van der Waals surface area contributed by atoms with Crippen LogP contribution >= 0.6 is 11.8 Å². The predicted molar refractivity (Wildman–Crippen MR) is 146 cm³/mol. The SMILES string of the molecule is CCCCC(C)(C)OCC(C)(C)S[C@H]1[C@@H]([C@H](NC(C)=O)C(CC)CC)[C@H](N=C(N)N)C[C@@H]1C(=O)O. The zero-order chi connectivity index (χ0) is 27.0. The Morgan fingerprint density at radius 2 is 1.77 bits per heavy atom. The summed E-state index contributed by atoms with van der Waals surface area (Å²) in [6.07, 6.45) is 5.24. The van der Waals surface area contributed by atoms with Crippen LogP contribution in [0.15, 0.2) is 4.99 Å². The van der Waals surface area contributed by atoms with E-state index in [1.807, 2.05) is 0 Å². The van der Waals surface area contributed by atoms with E-state index in [4.69, 9.17) is 16.2 Å². The van der Waals surface area contributed by atoms with E-state index in [9.17, 15) is 14.7 Å². The summed E-state index contributed by atoms with van der Waals surface area (Å²) in [6.45, 7) is 16.8. The number of aliphatic imine (C=N–C) groups is 1. The fourth-order valence-electron chi connectivity index (χ4n) is 5.22. The summed E-state index contributed by atoms with van der Waals surface area (Å²) in [5.74, 6) is -1.70. The van der Waals surface area contributed by atoms with Crippen LogP contribution in [0.25, 0.3) is 0 Å². The third kappa shape index (κ3) is 9.83. The number of amides is 1. The maximum Gasteiger partial charge on any atom is 0.307 e. The van der Waals surface area contributed by atoms with Gasteiger partial charge in [0.25, 0.3) is 0 Å². The Kier molecular flexibility index (Phi) is 12.4. The van der Waals surface area contributed by atoms with Crippen molar-refractivity contribution in [3.05, 3.63) is 0 Å². The largest absolute Gasteiger partial charge is 0.481 e. The molecule has 0 aromatic heterocycles. The van der Waals surface area contributed by atoms with Crippen molar-refractivity contribution in [1.29, 1.82) is 0 Å². The van der Waals surface area contributed by atoms with Crippen molar-refractivity contribution in [2.45, 2.75) is 122 Å². The second-order valence-corrected chi connectivity index (χ2v) is 13.1. The van der Waals surface area contributed by atoms with Crippen LogP contribution in [-0.4, -0.2) is 57.2 Å². The van der Waals surface area contributed by atoms with Gasteiger partial charge in [-0.15, -0.1) is 11.8 Å². The van der Waals surface area contributed by atoms with Gasteiger partial charge in [0.1, 0.15) is 0 Å². The van der Waals surface area contributed by atoms with Gasteiger partial charge < -0.3 is 26.6 Å². The summed E-state index contributed by atoms with van der Waals surface area (Å²) in [5, 5.41) is 13.1. The van der Waals surface area contributed by atoms with Gasteiger partial charge in [-0.3, -0.25) is 9.59 Å². The predicted octanol–water partition coefficient (Wildman–Crippen LogP) is 4.16. The normalized spacial score (nSPS) is 23.8. The van der Waals surface area contributed by atoms with Crippen LogP contribution in [0.1, 0.15) is 93.9 Å². The molecule has 35 heavy (non-hydrogen) atoms. The Morgan fingerprint density at radius 1 is 1.17 bits per heavy atom. The number of carbonyl (C=O) groups is 2. The van der Waals surface area contributed by atoms with Crippen molar-refractivity contribution in [3.63, 3.8) is 0 Å². The van der Waals surface area contributed by atoms with E-state index in [0.29, 0.717) is 13.0 Å². The molecule has 0 unspecified atom stereocenters. The molecule has 1 aliphatic rings. The van der Waals surface area contributed by atoms with Gasteiger partial charge in [0, 0.05) is 28.9 Å². The standard InChI is InChI=1S/C26H50N4O4S/c1-9-12-13-25(5,6)34-15-26(7,8)35-22-18(23(32)33)14-19(30-24(27)28)20(22)21(29-16(4)31)17(10-2)11-3/h17-22H,9-15H2,1-8H3,(H,29,31)(H,32,33)(H4,27,28,30)/t18-,19+,20+,21+,22+/m0/s1. The number of nitrogens with two attached hydrogens (primary N) is 2. The molecule has 0 aliphatic heterocycles. The Bertz CT molecular complexity index is 720. The Labute approximate surface area is 216 Å². The summed E-state index contributed by atoms with van der Waals surface area (Å²) in [5.41, 5.74) is 11.3. The van der Waals surface area contributed by atoms with E-state index >= 15 is 0 Å². The molecule has 1 amide bonds. The van der Waals surface area contributed by atoms with Crippen LogP contribution in [0.4, 0.5) is 0 Å². The topological polar surface area (TPSA) is 140 Å². The molecule has 1 saturated carbocycles. The molecule has 5 atom stereocenters. The number of nitrogens with one attached hydrogen (secondary N) is 1. The second-order valence-electron chi connectivity index (χ2n) is 11.2. The molecule has 204 valence electrons. The molecular weight excluding hydrogens is 464 g/mol. The minimum Gasteiger partial charge on any atom is -0.481 e. The van der Waals surface area contributed by atoms with Crippen LogP contribution < -0.4 is 16.8 Å². The van der Waals surface area contributed by atoms with Crippen LogP contribution in [0, 0.1) is 17.8 Å². The number of thioether (sulfide) groups is 1. The maximum atomic E-state index is 12.4. The Morgan fingerprint density at radius 3 is 2.23 bits per heavy atom. The number of carbonyl (C=O) groups excluding carboxylic acids is 1. The van der Waals surface area contributed by atoms with Crippen molar-refractivity contribution >= 4 is 29.6 Å². The molecule has 6 N–H and O–H groups in total. The highest BCUT2D eigenvalue weighted by Crippen LogP contribution is 2.49. The van der Waals surface area contributed by atoms with E-state index in [1.54, 1.807) is 11.8 Å². The minimum atomic E-state index is -0.855. The fourth-order valence-corrected chi connectivity index (χ4v) is 6.98. The molecule has 8 nitrogen and oxygen atoms in total. The van der Waals surface area contributed by atoms with E-state index in [-0.39, 0.29) is 51.4 Å². The number of ether oxygens (including phenoxy) is 1. The molecule has 1 aliphatic carbocycles. The monoisotopic (exact) mass is 514 g/mol. The van der Waals surface area contributed by atoms with Crippen molar-refractivity contribution < 1.29 is 19.4 Å². The first kappa shape index (κ1) is 31.5. The quantitative estimate of drug-likeness (QED) is 0.190. The van der Waals surface area contributed by atoms with Crippen molar-refractivity contribution in [2.75, 3.05) is 6.61 Å². The summed E-state index contributed by atoms with van der Waals surface area (Å²) in [6, 6.07) is -0.607. The van der Waals surface area contributed by atoms with Gasteiger partial charge in [-0.05, 0) is 46.5 Å². The Hall–Kier alpha value is -1.48. The van der Waals surface area contributed by atoms with Gasteiger partial charge in [-0.25, -0.2) is 4.99 Å². The van der Waals surface area contributed by atoms with Crippen LogP contribution in [0.2, 0.25) is 0 Å². The van der Waals surface area contributed by atoms with Gasteiger partial charge in [-0.2, -0.15) is 0 Å². The lowest BCUT2D eigenvalue weighted by molar-refractivity contribution is -0.141. The molecule has 0 aromatic carbocycles. The average Bonchev–Trinajstić information content (AvgIpc) is 3.07. The lowest BCUT2D eigenvalue weighted by Crippen LogP contribution is -2.51. The van der Waals surface area contributed by atoms with Gasteiger partial charge >= 0.3 is 5.97 Å². The van der Waals surface area contributed by atoms with Crippen LogP contribution in [0.5, 0.6) is 0 Å². The molecule has 0 aromatic rings. The molecule has 0 bridgehead atoms. The van der Waals surface area contributed by atoms with Gasteiger partial charge in [0.2, 0.25) is 5.91 Å². The molecule has 0 heterocycles. The van der Waals surface area contributed by atoms with Crippen molar-refractivity contribution in [2.24, 2.45) is 34.2 Å². The van der Waals surface area contributed by atoms with E-state index in [1.165, 1.54) is 6.92 Å². The fraction of sp³-hybridized carbons (Fsp3) is 0.885. The zero-order valence-corrected chi connectivity index (χ0v) is 23.9. The number of nitrogens with zero attached hydrogens (tertiary/aromatic N) is 1. The van der Waals surface area contributed by atoms with Gasteiger partial charge in [0.15, 0.2) is 5.96 Å². The average molecular weight is 515 g/mol. The molecule has 0 saturated heterocycles. The van der Waals surface area contributed by atoms with Crippen molar-refractivity contribution in [3.8, 4) is 0 Å². The van der Waals surface area contributed by atoms with Gasteiger partial charge in [0.05, 0.1) is 24.2 Å². The highest BCUT2D eigenvalue weighted by Gasteiger charge is 2.53. The number of guanidine groups is 1. The van der Waals surface area contributed by atoms with Crippen molar-refractivity contribution in [1.82, 2.24) is 5.32 Å². The molecule has 9 heteroatoms. The zero-order valence-electron chi connectivity index (χ0n) is 23.1. The minimum absolute atomic E-state index is 0.0545. The lowest BCUT2D eigenvalue weighted by Gasteiger charge is -2.40. The highest BCUT2D eigenvalue weighted by molar-refractivity contribution is 8.01. The van der Waals surface area contributed by atoms with E-state index < -0.39 is 11.9 Å². The number of carboxylic acid groups (broad SMARTS) is 1. The third-order valence-corrected chi connectivity index (χ3v) is 8.76. The first-order valence-electron chi connectivity index (χ1n) is 13.1. The molecule has 0 radical (unpaired) electrons. The number of unbranched alkanes of at least 4 members (excludes halogenated alkanes) is 1. The number of carboxylic acids is 1. The molecular formula is C26H50N4O4S. The van der Waals surface area contributed by atoms with E-state index in [2.05, 4.69) is 58.8 Å². The first-order valence-corrected chi connectivity index (χ1v) is 14.0. The van der Waals surface area contributed by atoms with Crippen LogP contribution in [0.3, 0.4) is 0 Å². The molecule has 1 fully saturated rings. The number of hydrogen-bond donors (Lipinski definition) is 4. The molecule has 1 rings (SSSR count). The molecule has 0 spiro atoms. The second kappa shape index (κ2) is 13.7. The van der Waals surface area contributed by atoms with E-state index in [0.717, 1.165) is 32.1 Å². The number of aliphatic carboxylic acids is 1. The number of rotatable bonds is 15. The summed E-state index contributed by atoms with van der Waals surface area (Å²) in [7, 11) is 0. The maximum absolute atomic E-state index is 12.4. The first-order chi connectivity index (χ1) is 16.2. The lowest BCUT2D eigenvalue weighted by atomic mass is 9.81. The third-order valence-electron chi connectivity index (χ3n) is 7.09. The van der Waals surface area contributed by atoms with Gasteiger partial charge in [-0.1, -0.05) is 46.5 Å². The number of hydrogen-bond acceptors (Lipinski definition) is 5. The highest BCUT2D eigenvalue weighted by atomic mass is 32.2. The smallest absolute Gasteiger partial charge is 0.307 e. The Balaban J connectivity index is 3.37. The summed E-state index contributed by atoms with van der Waals surface area (Å²) >= 11 is 1.64. The van der Waals surface area contributed by atoms with Crippen LogP contribution in [-0.2, 0) is 14.3 Å².